The number of pyridine rings is 1. The molecule has 0 N–H and O–H groups in total. The summed E-state index contributed by atoms with van der Waals surface area (Å²) in [5.41, 5.74) is 5.19. The summed E-state index contributed by atoms with van der Waals surface area (Å²) in [5, 5.41) is 1.75. The standard InChI is InChI=1S/C18H19N3O2S/c1-10(2)8-24-17-15-14(19-9-20-17)12-5-11-7-22-18(3,4)6-13(11)21-16(12)23-15/h5,9H,1,6-8H2,2-4H3. The number of fused-ring (bicyclic) bond motifs is 4. The summed E-state index contributed by atoms with van der Waals surface area (Å²) >= 11 is 1.61. The van der Waals surface area contributed by atoms with Crippen LogP contribution in [-0.2, 0) is 17.8 Å². The second-order valence-electron chi connectivity index (χ2n) is 6.88. The molecule has 0 bridgehead atoms. The van der Waals surface area contributed by atoms with E-state index in [9.17, 15) is 0 Å². The quantitative estimate of drug-likeness (QED) is 0.402. The molecule has 4 rings (SSSR count). The zero-order valence-electron chi connectivity index (χ0n) is 14.0. The molecule has 0 saturated carbocycles. The number of ether oxygens (including phenoxy) is 1. The van der Waals surface area contributed by atoms with Crippen LogP contribution in [0.1, 0.15) is 32.0 Å². The van der Waals surface area contributed by atoms with Gasteiger partial charge >= 0.3 is 0 Å². The van der Waals surface area contributed by atoms with Gasteiger partial charge in [-0.15, -0.1) is 0 Å². The zero-order valence-corrected chi connectivity index (χ0v) is 14.9. The van der Waals surface area contributed by atoms with Gasteiger partial charge in [0.15, 0.2) is 5.58 Å². The van der Waals surface area contributed by atoms with Gasteiger partial charge in [0.1, 0.15) is 16.9 Å². The smallest absolute Gasteiger partial charge is 0.229 e. The van der Waals surface area contributed by atoms with Crippen LogP contribution in [0.2, 0.25) is 0 Å². The third kappa shape index (κ3) is 2.70. The second-order valence-corrected chi connectivity index (χ2v) is 7.84. The molecule has 0 atom stereocenters. The van der Waals surface area contributed by atoms with Gasteiger partial charge in [0, 0.05) is 17.7 Å². The molecule has 3 aromatic rings. The highest BCUT2D eigenvalue weighted by Gasteiger charge is 2.28. The molecule has 6 heteroatoms. The fourth-order valence-corrected chi connectivity index (χ4v) is 3.63. The van der Waals surface area contributed by atoms with E-state index in [1.807, 2.05) is 6.92 Å². The van der Waals surface area contributed by atoms with Crippen molar-refractivity contribution in [1.29, 1.82) is 0 Å². The maximum atomic E-state index is 6.02. The van der Waals surface area contributed by atoms with Crippen molar-refractivity contribution in [3.8, 4) is 0 Å². The third-order valence-electron chi connectivity index (χ3n) is 4.05. The van der Waals surface area contributed by atoms with Crippen LogP contribution in [0.3, 0.4) is 0 Å². The first-order valence-electron chi connectivity index (χ1n) is 7.90. The molecule has 0 spiro atoms. The molecule has 3 aromatic heterocycles. The fraction of sp³-hybridized carbons (Fsp3) is 0.389. The van der Waals surface area contributed by atoms with Crippen LogP contribution in [0.25, 0.3) is 22.2 Å². The first-order chi connectivity index (χ1) is 11.4. The Bertz CT molecular complexity index is 962. The summed E-state index contributed by atoms with van der Waals surface area (Å²) in [6, 6.07) is 2.10. The van der Waals surface area contributed by atoms with Crippen molar-refractivity contribution in [2.75, 3.05) is 5.75 Å². The van der Waals surface area contributed by atoms with Crippen LogP contribution in [-0.4, -0.2) is 26.3 Å². The monoisotopic (exact) mass is 341 g/mol. The second kappa shape index (κ2) is 5.57. The van der Waals surface area contributed by atoms with Crippen LogP contribution in [0.4, 0.5) is 0 Å². The lowest BCUT2D eigenvalue weighted by atomic mass is 9.95. The predicted molar refractivity (Wildman–Crippen MR) is 95.2 cm³/mol. The molecule has 0 aliphatic carbocycles. The van der Waals surface area contributed by atoms with Crippen molar-refractivity contribution in [3.05, 3.63) is 35.8 Å². The van der Waals surface area contributed by atoms with Gasteiger partial charge in [-0.1, -0.05) is 23.9 Å². The number of furan rings is 1. The average molecular weight is 341 g/mol. The molecule has 1 aliphatic heterocycles. The van der Waals surface area contributed by atoms with Gasteiger partial charge < -0.3 is 9.15 Å². The van der Waals surface area contributed by atoms with E-state index in [-0.39, 0.29) is 5.60 Å². The van der Waals surface area contributed by atoms with Crippen LogP contribution in [0.15, 0.2) is 34.0 Å². The number of hydrogen-bond acceptors (Lipinski definition) is 6. The molecule has 0 amide bonds. The van der Waals surface area contributed by atoms with Gasteiger partial charge in [0.2, 0.25) is 5.71 Å². The predicted octanol–water partition coefficient (Wildman–Crippen LogP) is 4.29. The highest BCUT2D eigenvalue weighted by atomic mass is 32.2. The van der Waals surface area contributed by atoms with E-state index in [1.54, 1.807) is 18.1 Å². The van der Waals surface area contributed by atoms with Crippen LogP contribution < -0.4 is 0 Å². The number of aromatic nitrogens is 3. The molecule has 0 aromatic carbocycles. The van der Waals surface area contributed by atoms with Crippen molar-refractivity contribution >= 4 is 34.0 Å². The highest BCUT2D eigenvalue weighted by molar-refractivity contribution is 7.99. The lowest BCUT2D eigenvalue weighted by Crippen LogP contribution is -2.32. The molecule has 24 heavy (non-hydrogen) atoms. The fourth-order valence-electron chi connectivity index (χ4n) is 2.86. The van der Waals surface area contributed by atoms with Gasteiger partial charge in [-0.25, -0.2) is 15.0 Å². The molecule has 0 fully saturated rings. The number of nitrogens with zero attached hydrogens (tertiary/aromatic N) is 3. The van der Waals surface area contributed by atoms with Crippen molar-refractivity contribution in [1.82, 2.24) is 15.0 Å². The summed E-state index contributed by atoms with van der Waals surface area (Å²) in [6.07, 6.45) is 2.36. The Morgan fingerprint density at radius 2 is 2.21 bits per heavy atom. The molecular formula is C18H19N3O2S. The minimum Gasteiger partial charge on any atom is -0.433 e. The van der Waals surface area contributed by atoms with E-state index in [1.165, 1.54) is 0 Å². The normalized spacial score (nSPS) is 16.5. The maximum Gasteiger partial charge on any atom is 0.229 e. The van der Waals surface area contributed by atoms with E-state index in [0.717, 1.165) is 44.9 Å². The molecule has 0 saturated heterocycles. The van der Waals surface area contributed by atoms with Crippen LogP contribution in [0, 0.1) is 0 Å². The molecule has 0 radical (unpaired) electrons. The third-order valence-corrected chi connectivity index (χ3v) is 5.25. The summed E-state index contributed by atoms with van der Waals surface area (Å²) in [6.45, 7) is 10.7. The van der Waals surface area contributed by atoms with E-state index in [0.29, 0.717) is 17.9 Å². The molecule has 0 unspecified atom stereocenters. The Balaban J connectivity index is 1.86. The summed E-state index contributed by atoms with van der Waals surface area (Å²) < 4.78 is 11.9. The van der Waals surface area contributed by atoms with Crippen molar-refractivity contribution in [2.24, 2.45) is 0 Å². The lowest BCUT2D eigenvalue weighted by molar-refractivity contribution is -0.0411. The lowest BCUT2D eigenvalue weighted by Gasteiger charge is -2.30. The van der Waals surface area contributed by atoms with Gasteiger partial charge in [0.25, 0.3) is 0 Å². The summed E-state index contributed by atoms with van der Waals surface area (Å²) in [7, 11) is 0. The Morgan fingerprint density at radius 3 is 3.00 bits per heavy atom. The molecule has 1 aliphatic rings. The Labute approximate surface area is 144 Å². The molecular weight excluding hydrogens is 322 g/mol. The Hall–Kier alpha value is -1.92. The van der Waals surface area contributed by atoms with Gasteiger partial charge in [-0.2, -0.15) is 0 Å². The Kier molecular flexibility index (Phi) is 3.62. The largest absolute Gasteiger partial charge is 0.433 e. The summed E-state index contributed by atoms with van der Waals surface area (Å²) in [5.74, 6) is 0.801. The van der Waals surface area contributed by atoms with Crippen LogP contribution >= 0.6 is 11.8 Å². The Morgan fingerprint density at radius 1 is 1.38 bits per heavy atom. The van der Waals surface area contributed by atoms with E-state index < -0.39 is 0 Å². The summed E-state index contributed by atoms with van der Waals surface area (Å²) in [4.78, 5) is 13.5. The molecule has 124 valence electrons. The molecule has 4 heterocycles. The van der Waals surface area contributed by atoms with E-state index in [2.05, 4.69) is 36.5 Å². The van der Waals surface area contributed by atoms with Gasteiger partial charge in [-0.3, -0.25) is 0 Å². The number of thioether (sulfide) groups is 1. The van der Waals surface area contributed by atoms with E-state index >= 15 is 0 Å². The number of rotatable bonds is 3. The number of hydrogen-bond donors (Lipinski definition) is 0. The van der Waals surface area contributed by atoms with Crippen molar-refractivity contribution in [3.63, 3.8) is 0 Å². The van der Waals surface area contributed by atoms with Gasteiger partial charge in [0.05, 0.1) is 23.3 Å². The zero-order chi connectivity index (χ0) is 16.9. The minimum atomic E-state index is -0.192. The van der Waals surface area contributed by atoms with Crippen LogP contribution in [0.5, 0.6) is 0 Å². The first-order valence-corrected chi connectivity index (χ1v) is 8.89. The minimum absolute atomic E-state index is 0.192. The van der Waals surface area contributed by atoms with Crippen molar-refractivity contribution in [2.45, 2.75) is 44.4 Å². The average Bonchev–Trinajstić information content (AvgIpc) is 2.88. The first kappa shape index (κ1) is 15.6. The molecule has 5 nitrogen and oxygen atoms in total. The SMILES string of the molecule is C=C(C)CSc1ncnc2c1oc1nc3c(cc12)COC(C)(C)C3. The topological polar surface area (TPSA) is 61.0 Å². The van der Waals surface area contributed by atoms with Gasteiger partial charge in [-0.05, 0) is 26.8 Å². The highest BCUT2D eigenvalue weighted by Crippen LogP contribution is 2.35. The maximum absolute atomic E-state index is 6.02. The van der Waals surface area contributed by atoms with Crippen molar-refractivity contribution < 1.29 is 9.15 Å². The van der Waals surface area contributed by atoms with E-state index in [4.69, 9.17) is 14.1 Å².